The lowest BCUT2D eigenvalue weighted by Crippen LogP contribution is -2.44. The summed E-state index contributed by atoms with van der Waals surface area (Å²) in [6.07, 6.45) is 5.51. The zero-order valence-corrected chi connectivity index (χ0v) is 16.4. The van der Waals surface area contributed by atoms with Crippen molar-refractivity contribution >= 4 is 23.4 Å². The summed E-state index contributed by atoms with van der Waals surface area (Å²) in [5.74, 6) is 0.855. The highest BCUT2D eigenvalue weighted by Crippen LogP contribution is 2.33. The van der Waals surface area contributed by atoms with Crippen molar-refractivity contribution in [3.63, 3.8) is 0 Å². The minimum atomic E-state index is -0.0909. The number of hydrogen-bond donors (Lipinski definition) is 2. The Labute approximate surface area is 166 Å². The summed E-state index contributed by atoms with van der Waals surface area (Å²) in [5.41, 5.74) is 1.81. The molecule has 28 heavy (non-hydrogen) atoms. The molecule has 2 aliphatic carbocycles. The second-order valence-corrected chi connectivity index (χ2v) is 8.49. The van der Waals surface area contributed by atoms with Gasteiger partial charge >= 0.3 is 0 Å². The third-order valence-electron chi connectivity index (χ3n) is 6.09. The maximum Gasteiger partial charge on any atom is 0.227 e. The van der Waals surface area contributed by atoms with Crippen molar-refractivity contribution in [1.29, 1.82) is 0 Å². The predicted molar refractivity (Wildman–Crippen MR) is 106 cm³/mol. The second-order valence-electron chi connectivity index (χ2n) is 8.49. The van der Waals surface area contributed by atoms with Crippen LogP contribution in [0.1, 0.15) is 57.1 Å². The number of rotatable bonds is 6. The van der Waals surface area contributed by atoms with E-state index in [1.54, 1.807) is 0 Å². The van der Waals surface area contributed by atoms with Crippen LogP contribution in [0.5, 0.6) is 0 Å². The highest BCUT2D eigenvalue weighted by Gasteiger charge is 2.36. The number of carbonyl (C=O) groups is 3. The van der Waals surface area contributed by atoms with E-state index < -0.39 is 0 Å². The first-order valence-corrected chi connectivity index (χ1v) is 10.5. The van der Waals surface area contributed by atoms with E-state index in [-0.39, 0.29) is 41.5 Å². The number of piperidine rings is 1. The van der Waals surface area contributed by atoms with Gasteiger partial charge in [0.25, 0.3) is 0 Å². The first kappa shape index (κ1) is 19.0. The third-order valence-corrected chi connectivity index (χ3v) is 6.09. The molecule has 3 fully saturated rings. The van der Waals surface area contributed by atoms with E-state index >= 15 is 0 Å². The molecular formula is C22H29N3O3. The number of nitrogens with one attached hydrogen (secondary N) is 2. The fraction of sp³-hybridized carbons (Fsp3) is 0.591. The topological polar surface area (TPSA) is 78.5 Å². The van der Waals surface area contributed by atoms with Crippen molar-refractivity contribution in [2.75, 3.05) is 18.4 Å². The Morgan fingerprint density at radius 2 is 1.43 bits per heavy atom. The van der Waals surface area contributed by atoms with E-state index in [0.29, 0.717) is 13.1 Å². The molecule has 4 rings (SSSR count). The maximum absolute atomic E-state index is 12.6. The quantitative estimate of drug-likeness (QED) is 0.793. The fourth-order valence-corrected chi connectivity index (χ4v) is 3.81. The van der Waals surface area contributed by atoms with Gasteiger partial charge in [0.1, 0.15) is 0 Å². The summed E-state index contributed by atoms with van der Waals surface area (Å²) in [7, 11) is 0. The van der Waals surface area contributed by atoms with Crippen LogP contribution in [0.2, 0.25) is 0 Å². The van der Waals surface area contributed by atoms with Gasteiger partial charge in [-0.05, 0) is 63.1 Å². The summed E-state index contributed by atoms with van der Waals surface area (Å²) < 4.78 is 0. The first-order chi connectivity index (χ1) is 13.5. The van der Waals surface area contributed by atoms with Crippen LogP contribution in [-0.4, -0.2) is 35.7 Å². The number of nitrogens with zero attached hydrogens (tertiary/aromatic N) is 1. The van der Waals surface area contributed by atoms with Gasteiger partial charge in [-0.25, -0.2) is 0 Å². The number of amides is 3. The van der Waals surface area contributed by atoms with Crippen molar-refractivity contribution < 1.29 is 14.4 Å². The molecule has 2 saturated carbocycles. The van der Waals surface area contributed by atoms with Gasteiger partial charge in [0.15, 0.2) is 0 Å². The number of carbonyl (C=O) groups excluding carboxylic acids is 3. The smallest absolute Gasteiger partial charge is 0.227 e. The summed E-state index contributed by atoms with van der Waals surface area (Å²) in [5, 5.41) is 6.03. The molecule has 3 aliphatic rings. The molecule has 6 heteroatoms. The van der Waals surface area contributed by atoms with Gasteiger partial charge in [-0.15, -0.1) is 0 Å². The Hall–Kier alpha value is -2.37. The Kier molecular flexibility index (Phi) is 5.38. The largest absolute Gasteiger partial charge is 0.349 e. The molecule has 0 aromatic heterocycles. The molecule has 0 spiro atoms. The van der Waals surface area contributed by atoms with E-state index in [4.69, 9.17) is 0 Å². The Bertz CT molecular complexity index is 745. The SMILES string of the molecule is CC(NC(=O)C1CCN(C(=O)C2CC2)CC1)c1ccc(NC(=O)C2CC2)cc1. The van der Waals surface area contributed by atoms with E-state index in [9.17, 15) is 14.4 Å². The molecule has 1 heterocycles. The lowest BCUT2D eigenvalue weighted by molar-refractivity contribution is -0.136. The third kappa shape index (κ3) is 4.54. The molecule has 1 atom stereocenters. The minimum absolute atomic E-state index is 0.0252. The highest BCUT2D eigenvalue weighted by molar-refractivity contribution is 5.94. The van der Waals surface area contributed by atoms with E-state index in [0.717, 1.165) is 49.8 Å². The van der Waals surface area contributed by atoms with E-state index in [1.165, 1.54) is 0 Å². The molecule has 6 nitrogen and oxygen atoms in total. The van der Waals surface area contributed by atoms with Crippen molar-refractivity contribution in [3.8, 4) is 0 Å². The number of hydrogen-bond acceptors (Lipinski definition) is 3. The summed E-state index contributed by atoms with van der Waals surface area (Å²) >= 11 is 0. The molecule has 1 aromatic carbocycles. The Morgan fingerprint density at radius 3 is 2.00 bits per heavy atom. The van der Waals surface area contributed by atoms with Gasteiger partial charge in [0.05, 0.1) is 6.04 Å². The monoisotopic (exact) mass is 383 g/mol. The molecular weight excluding hydrogens is 354 g/mol. The average molecular weight is 383 g/mol. The van der Waals surface area contributed by atoms with Crippen LogP contribution in [0.15, 0.2) is 24.3 Å². The van der Waals surface area contributed by atoms with E-state index in [1.807, 2.05) is 36.1 Å². The van der Waals surface area contributed by atoms with Gasteiger partial charge in [0.2, 0.25) is 17.7 Å². The maximum atomic E-state index is 12.6. The van der Waals surface area contributed by atoms with Crippen LogP contribution in [0, 0.1) is 17.8 Å². The number of anilines is 1. The fourth-order valence-electron chi connectivity index (χ4n) is 3.81. The number of benzene rings is 1. The van der Waals surface area contributed by atoms with Gasteiger partial charge in [-0.1, -0.05) is 12.1 Å². The van der Waals surface area contributed by atoms with Crippen LogP contribution in [0.3, 0.4) is 0 Å². The summed E-state index contributed by atoms with van der Waals surface area (Å²) in [6, 6.07) is 7.58. The minimum Gasteiger partial charge on any atom is -0.349 e. The molecule has 3 amide bonds. The van der Waals surface area contributed by atoms with Crippen molar-refractivity contribution in [2.45, 2.75) is 51.5 Å². The van der Waals surface area contributed by atoms with Crippen molar-refractivity contribution in [3.05, 3.63) is 29.8 Å². The molecule has 0 radical (unpaired) electrons. The Balaban J connectivity index is 1.24. The van der Waals surface area contributed by atoms with E-state index in [2.05, 4.69) is 10.6 Å². The lowest BCUT2D eigenvalue weighted by Gasteiger charge is -2.32. The normalized spacial score (nSPS) is 21.1. The molecule has 0 bridgehead atoms. The molecule has 2 N–H and O–H groups in total. The van der Waals surface area contributed by atoms with Crippen molar-refractivity contribution in [2.24, 2.45) is 17.8 Å². The number of likely N-dealkylation sites (tertiary alicyclic amines) is 1. The van der Waals surface area contributed by atoms with Gasteiger partial charge in [0, 0.05) is 36.5 Å². The summed E-state index contributed by atoms with van der Waals surface area (Å²) in [4.78, 5) is 38.5. The molecule has 1 aromatic rings. The average Bonchev–Trinajstić information content (AvgIpc) is 3.59. The molecule has 1 saturated heterocycles. The first-order valence-electron chi connectivity index (χ1n) is 10.5. The summed E-state index contributed by atoms with van der Waals surface area (Å²) in [6.45, 7) is 3.36. The Morgan fingerprint density at radius 1 is 0.857 bits per heavy atom. The second kappa shape index (κ2) is 7.94. The van der Waals surface area contributed by atoms with Gasteiger partial charge < -0.3 is 15.5 Å². The van der Waals surface area contributed by atoms with Crippen LogP contribution in [0.25, 0.3) is 0 Å². The van der Waals surface area contributed by atoms with Crippen molar-refractivity contribution in [1.82, 2.24) is 10.2 Å². The van der Waals surface area contributed by atoms with Gasteiger partial charge in [-0.2, -0.15) is 0 Å². The van der Waals surface area contributed by atoms with Crippen LogP contribution >= 0.6 is 0 Å². The molecule has 1 unspecified atom stereocenters. The molecule has 1 aliphatic heterocycles. The lowest BCUT2D eigenvalue weighted by atomic mass is 9.95. The predicted octanol–water partition coefficient (Wildman–Crippen LogP) is 2.86. The van der Waals surface area contributed by atoms with Crippen LogP contribution < -0.4 is 10.6 Å². The zero-order chi connectivity index (χ0) is 19.7. The van der Waals surface area contributed by atoms with Gasteiger partial charge in [-0.3, -0.25) is 14.4 Å². The standard InChI is InChI=1S/C22H29N3O3/c1-14(15-6-8-19(9-7-15)24-21(27)16-2-3-16)23-20(26)17-10-12-25(13-11-17)22(28)18-4-5-18/h6-9,14,16-18H,2-5,10-13H2,1H3,(H,23,26)(H,24,27). The zero-order valence-electron chi connectivity index (χ0n) is 16.4. The molecule has 150 valence electrons. The highest BCUT2D eigenvalue weighted by atomic mass is 16.2. The van der Waals surface area contributed by atoms with Crippen LogP contribution in [0.4, 0.5) is 5.69 Å². The van der Waals surface area contributed by atoms with Crippen LogP contribution in [-0.2, 0) is 14.4 Å².